The summed E-state index contributed by atoms with van der Waals surface area (Å²) in [6, 6.07) is 2.04. The predicted molar refractivity (Wildman–Crippen MR) is 60.4 cm³/mol. The zero-order valence-corrected chi connectivity index (χ0v) is 9.70. The van der Waals surface area contributed by atoms with Crippen LogP contribution in [0.5, 0.6) is 5.06 Å². The molecule has 0 N–H and O–H groups in total. The van der Waals surface area contributed by atoms with Crippen LogP contribution in [0.1, 0.15) is 4.88 Å². The van der Waals surface area contributed by atoms with Crippen LogP contribution in [0, 0.1) is 0 Å². The number of anilines is 1. The minimum Gasteiger partial charge on any atom is -0.472 e. The number of hydrogen-bond donors (Lipinski definition) is 0. The van der Waals surface area contributed by atoms with Gasteiger partial charge in [-0.1, -0.05) is 0 Å². The number of rotatable bonds is 2. The van der Waals surface area contributed by atoms with Crippen molar-refractivity contribution in [3.8, 4) is 5.06 Å². The largest absolute Gasteiger partial charge is 0.472 e. The first-order valence-electron chi connectivity index (χ1n) is 4.23. The highest BCUT2D eigenvalue weighted by Gasteiger charge is 2.24. The topological polar surface area (TPSA) is 29.5 Å². The summed E-state index contributed by atoms with van der Waals surface area (Å²) in [5.41, 5.74) is 0.912. The highest BCUT2D eigenvalue weighted by molar-refractivity contribution is 7.97. The molecule has 0 atom stereocenters. The van der Waals surface area contributed by atoms with Crippen LogP contribution < -0.4 is 9.64 Å². The molecule has 1 aliphatic rings. The molecular formula is C9H11NO2S2. The Bertz CT molecular complexity index is 362. The molecule has 0 aliphatic carbocycles. The first-order chi connectivity index (χ1) is 6.72. The van der Waals surface area contributed by atoms with Gasteiger partial charge in [0.25, 0.3) is 5.91 Å². The molecule has 5 heteroatoms. The zero-order valence-electron chi connectivity index (χ0n) is 8.07. The Hall–Kier alpha value is -0.680. The van der Waals surface area contributed by atoms with E-state index in [0.29, 0.717) is 0 Å². The molecular weight excluding hydrogens is 218 g/mol. The second-order valence-electron chi connectivity index (χ2n) is 3.06. The molecule has 1 aromatic rings. The molecule has 0 fully saturated rings. The summed E-state index contributed by atoms with van der Waals surface area (Å²) in [6.45, 7) is 0.169. The van der Waals surface area contributed by atoms with E-state index < -0.39 is 0 Å². The van der Waals surface area contributed by atoms with E-state index in [0.717, 1.165) is 16.5 Å². The molecule has 0 spiro atoms. The summed E-state index contributed by atoms with van der Waals surface area (Å²) in [5.74, 6) is 0.995. The molecule has 76 valence electrons. The van der Waals surface area contributed by atoms with E-state index in [2.05, 4.69) is 6.26 Å². The van der Waals surface area contributed by atoms with Gasteiger partial charge in [-0.25, -0.2) is 0 Å². The summed E-state index contributed by atoms with van der Waals surface area (Å²) in [6.07, 6.45) is 2.06. The molecule has 0 saturated carbocycles. The van der Waals surface area contributed by atoms with Gasteiger partial charge in [0.2, 0.25) is 0 Å². The second-order valence-corrected chi connectivity index (χ2v) is 5.03. The van der Waals surface area contributed by atoms with Gasteiger partial charge in [0.15, 0.2) is 11.7 Å². The van der Waals surface area contributed by atoms with Crippen molar-refractivity contribution in [3.05, 3.63) is 10.9 Å². The molecule has 0 radical (unpaired) electrons. The van der Waals surface area contributed by atoms with E-state index in [9.17, 15) is 4.79 Å². The van der Waals surface area contributed by atoms with Crippen molar-refractivity contribution in [3.63, 3.8) is 0 Å². The third-order valence-electron chi connectivity index (χ3n) is 2.08. The molecule has 1 aliphatic heterocycles. The molecule has 3 nitrogen and oxygen atoms in total. The molecule has 1 amide bonds. The molecule has 0 bridgehead atoms. The lowest BCUT2D eigenvalue weighted by atomic mass is 10.3. The monoisotopic (exact) mass is 229 g/mol. The first-order valence-corrected chi connectivity index (χ1v) is 6.44. The van der Waals surface area contributed by atoms with Crippen LogP contribution in [-0.2, 0) is 10.5 Å². The summed E-state index contributed by atoms with van der Waals surface area (Å²) in [5, 5.41) is 0.871. The van der Waals surface area contributed by atoms with Crippen LogP contribution in [0.2, 0.25) is 0 Å². The zero-order chi connectivity index (χ0) is 10.1. The number of thiophene rings is 1. The van der Waals surface area contributed by atoms with Gasteiger partial charge >= 0.3 is 0 Å². The van der Waals surface area contributed by atoms with Crippen LogP contribution in [0.25, 0.3) is 0 Å². The Kier molecular flexibility index (Phi) is 2.69. The smallest absolute Gasteiger partial charge is 0.264 e. The Morgan fingerprint density at radius 2 is 2.50 bits per heavy atom. The number of likely N-dealkylation sites (N-methyl/N-ethyl adjacent to an activating group) is 1. The van der Waals surface area contributed by atoms with Gasteiger partial charge in [-0.05, 0) is 12.3 Å². The maximum Gasteiger partial charge on any atom is 0.264 e. The maximum atomic E-state index is 11.3. The summed E-state index contributed by atoms with van der Waals surface area (Å²) in [4.78, 5) is 14.2. The van der Waals surface area contributed by atoms with Gasteiger partial charge in [-0.3, -0.25) is 4.79 Å². The Balaban J connectivity index is 2.31. The number of carbonyl (C=O) groups excluding carboxylic acids is 1. The Labute approximate surface area is 91.0 Å². The average molecular weight is 229 g/mol. The maximum absolute atomic E-state index is 11.3. The molecule has 14 heavy (non-hydrogen) atoms. The van der Waals surface area contributed by atoms with E-state index in [4.69, 9.17) is 4.74 Å². The molecule has 0 saturated heterocycles. The van der Waals surface area contributed by atoms with E-state index in [1.165, 1.54) is 4.88 Å². The summed E-state index contributed by atoms with van der Waals surface area (Å²) >= 11 is 3.40. The third kappa shape index (κ3) is 1.62. The number of hydrogen-bond acceptors (Lipinski definition) is 4. The van der Waals surface area contributed by atoms with Gasteiger partial charge in [0.05, 0.1) is 5.69 Å². The number of amides is 1. The van der Waals surface area contributed by atoms with Gasteiger partial charge in [-0.2, -0.15) is 11.8 Å². The summed E-state index contributed by atoms with van der Waals surface area (Å²) < 4.78 is 5.35. The van der Waals surface area contributed by atoms with Gasteiger partial charge in [0.1, 0.15) is 0 Å². The first kappa shape index (κ1) is 9.86. The Morgan fingerprint density at radius 3 is 3.21 bits per heavy atom. The van der Waals surface area contributed by atoms with E-state index in [1.54, 1.807) is 35.0 Å². The van der Waals surface area contributed by atoms with Crippen molar-refractivity contribution in [2.75, 3.05) is 24.8 Å². The SMILES string of the molecule is CSCc1cc2c(s1)OCC(=O)N2C. The highest BCUT2D eigenvalue weighted by atomic mass is 32.2. The second kappa shape index (κ2) is 3.82. The van der Waals surface area contributed by atoms with Crippen molar-refractivity contribution in [2.45, 2.75) is 5.75 Å². The molecule has 1 aromatic heterocycles. The number of thioether (sulfide) groups is 1. The number of fused-ring (bicyclic) bond motifs is 1. The van der Waals surface area contributed by atoms with Crippen LogP contribution in [0.3, 0.4) is 0 Å². The van der Waals surface area contributed by atoms with Crippen molar-refractivity contribution in [2.24, 2.45) is 0 Å². The van der Waals surface area contributed by atoms with Gasteiger partial charge < -0.3 is 9.64 Å². The minimum absolute atomic E-state index is 0.0194. The molecule has 2 heterocycles. The van der Waals surface area contributed by atoms with Gasteiger partial charge in [-0.15, -0.1) is 11.3 Å². The lowest BCUT2D eigenvalue weighted by Crippen LogP contribution is -2.34. The van der Waals surface area contributed by atoms with E-state index >= 15 is 0 Å². The van der Waals surface area contributed by atoms with Crippen molar-refractivity contribution < 1.29 is 9.53 Å². The van der Waals surface area contributed by atoms with E-state index in [-0.39, 0.29) is 12.5 Å². The predicted octanol–water partition coefficient (Wildman–Crippen LogP) is 1.97. The van der Waals surface area contributed by atoms with Crippen LogP contribution in [-0.4, -0.2) is 25.8 Å². The van der Waals surface area contributed by atoms with Crippen LogP contribution >= 0.6 is 23.1 Å². The van der Waals surface area contributed by atoms with Crippen molar-refractivity contribution in [1.29, 1.82) is 0 Å². The molecule has 2 rings (SSSR count). The van der Waals surface area contributed by atoms with Crippen LogP contribution in [0.4, 0.5) is 5.69 Å². The fourth-order valence-electron chi connectivity index (χ4n) is 1.32. The highest BCUT2D eigenvalue weighted by Crippen LogP contribution is 2.40. The fraction of sp³-hybridized carbons (Fsp3) is 0.444. The van der Waals surface area contributed by atoms with E-state index in [1.807, 2.05) is 6.07 Å². The standard InChI is InChI=1S/C9H11NO2S2/c1-10-7-3-6(5-13-2)14-9(7)12-4-8(10)11/h3H,4-5H2,1-2H3. The quantitative estimate of drug-likeness (QED) is 0.776. The number of ether oxygens (including phenoxy) is 1. The number of nitrogens with zero attached hydrogens (tertiary/aromatic N) is 1. The third-order valence-corrected chi connectivity index (χ3v) is 3.90. The Morgan fingerprint density at radius 1 is 1.71 bits per heavy atom. The number of carbonyl (C=O) groups is 1. The molecule has 0 unspecified atom stereocenters. The average Bonchev–Trinajstić information content (AvgIpc) is 2.56. The normalized spacial score (nSPS) is 15.3. The van der Waals surface area contributed by atoms with Gasteiger partial charge in [0, 0.05) is 17.7 Å². The fourth-order valence-corrected chi connectivity index (χ4v) is 3.11. The van der Waals surface area contributed by atoms with Crippen LogP contribution in [0.15, 0.2) is 6.07 Å². The lowest BCUT2D eigenvalue weighted by Gasteiger charge is -2.22. The van der Waals surface area contributed by atoms with Crippen molar-refractivity contribution >= 4 is 34.7 Å². The van der Waals surface area contributed by atoms with Crippen molar-refractivity contribution in [1.82, 2.24) is 0 Å². The minimum atomic E-state index is 0.0194. The lowest BCUT2D eigenvalue weighted by molar-refractivity contribution is -0.120. The molecule has 0 aromatic carbocycles. The summed E-state index contributed by atoms with van der Waals surface area (Å²) in [7, 11) is 1.79.